The zero-order chi connectivity index (χ0) is 8.69. The number of halogens is 3. The van der Waals surface area contributed by atoms with Crippen LogP contribution in [0.25, 0.3) is 0 Å². The van der Waals surface area contributed by atoms with E-state index in [4.69, 9.17) is 23.7 Å². The fraction of sp³-hybridized carbons (Fsp3) is 1.00. The number of aliphatic hydroxyl groups excluding tert-OH is 1. The minimum atomic E-state index is -1.59. The maximum atomic E-state index is 8.44. The van der Waals surface area contributed by atoms with Crippen LogP contribution >= 0.6 is 13.9 Å². The standard InChI is InChI=1S/C5H10O2.3ClH.Yb/c6-4-5-2-1-3-7-5;;;;/h5-6H,1-4H2;3*1H;/q;;;;+3/p-3. The molecular formula is C5H10Cl3O2Yb. The van der Waals surface area contributed by atoms with Gasteiger partial charge in [0.15, 0.2) is 0 Å². The first-order valence-corrected chi connectivity index (χ1v) is 9.40. The van der Waals surface area contributed by atoms with E-state index in [0.717, 1.165) is 19.4 Å². The van der Waals surface area contributed by atoms with Crippen LogP contribution in [-0.2, 0) is 4.74 Å². The van der Waals surface area contributed by atoms with Crippen molar-refractivity contribution in [3.8, 4) is 0 Å². The Morgan fingerprint density at radius 2 is 2.00 bits per heavy atom. The maximum absolute atomic E-state index is 8.44. The molecule has 0 aromatic rings. The van der Waals surface area contributed by atoms with Crippen LogP contribution in [0, 0.1) is 34.9 Å². The summed E-state index contributed by atoms with van der Waals surface area (Å²) in [6.45, 7) is 1.03. The Kier molecular flexibility index (Phi) is 10.8. The van der Waals surface area contributed by atoms with Crippen LogP contribution in [0.1, 0.15) is 12.8 Å². The summed E-state index contributed by atoms with van der Waals surface area (Å²) >= 11 is -1.59. The molecule has 1 rings (SSSR count). The van der Waals surface area contributed by atoms with Gasteiger partial charge in [0.2, 0.25) is 0 Å². The summed E-state index contributed by atoms with van der Waals surface area (Å²) in [6.07, 6.45) is 2.31. The second kappa shape index (κ2) is 8.89. The van der Waals surface area contributed by atoms with Crippen LogP contribution in [0.4, 0.5) is 0 Å². The molecule has 0 aliphatic carbocycles. The molecule has 1 aliphatic heterocycles. The molecule has 1 N–H and O–H groups in total. The second-order valence-corrected chi connectivity index (χ2v) is 9.46. The van der Waals surface area contributed by atoms with E-state index in [9.17, 15) is 0 Å². The van der Waals surface area contributed by atoms with Crippen molar-refractivity contribution in [2.24, 2.45) is 0 Å². The van der Waals surface area contributed by atoms with Gasteiger partial charge in [-0.1, -0.05) is 0 Å². The van der Waals surface area contributed by atoms with Crippen LogP contribution in [0.3, 0.4) is 0 Å². The van der Waals surface area contributed by atoms with Crippen molar-refractivity contribution in [3.63, 3.8) is 0 Å². The second-order valence-electron chi connectivity index (χ2n) is 1.93. The third-order valence-electron chi connectivity index (χ3n) is 1.23. The van der Waals surface area contributed by atoms with E-state index in [2.05, 4.69) is 0 Å². The summed E-state index contributed by atoms with van der Waals surface area (Å²) < 4.78 is 19.8. The third kappa shape index (κ3) is 10.2. The van der Waals surface area contributed by atoms with Crippen molar-refractivity contribution in [3.05, 3.63) is 0 Å². The van der Waals surface area contributed by atoms with Crippen LogP contribution in [0.5, 0.6) is 0 Å². The topological polar surface area (TPSA) is 29.5 Å². The van der Waals surface area contributed by atoms with E-state index in [1.165, 1.54) is 0 Å². The molecule has 1 saturated heterocycles. The molecule has 1 aliphatic rings. The number of hydrogen-bond acceptors (Lipinski definition) is 2. The van der Waals surface area contributed by atoms with E-state index in [0.29, 0.717) is 0 Å². The predicted octanol–water partition coefficient (Wildman–Crippen LogP) is 2.23. The van der Waals surface area contributed by atoms with Gasteiger partial charge in [0, 0.05) is 6.61 Å². The average molecular weight is 382 g/mol. The van der Waals surface area contributed by atoms with Gasteiger partial charge in [-0.25, -0.2) is 0 Å². The summed E-state index contributed by atoms with van der Waals surface area (Å²) in [4.78, 5) is 0. The van der Waals surface area contributed by atoms with Gasteiger partial charge in [0.1, 0.15) is 0 Å². The van der Waals surface area contributed by atoms with Crippen molar-refractivity contribution in [1.29, 1.82) is 0 Å². The van der Waals surface area contributed by atoms with E-state index < -0.39 is 34.9 Å². The molecule has 11 heavy (non-hydrogen) atoms. The Morgan fingerprint density at radius 1 is 1.45 bits per heavy atom. The molecule has 0 aromatic heterocycles. The third-order valence-corrected chi connectivity index (χ3v) is 1.23. The quantitative estimate of drug-likeness (QED) is 0.755. The summed E-state index contributed by atoms with van der Waals surface area (Å²) in [6, 6.07) is 0. The molecule has 0 amide bonds. The Balaban J connectivity index is 0.000000218. The first-order valence-electron chi connectivity index (χ1n) is 2.96. The molecule has 1 atom stereocenters. The zero-order valence-electron chi connectivity index (χ0n) is 5.66. The van der Waals surface area contributed by atoms with Gasteiger partial charge in [-0.3, -0.25) is 0 Å². The summed E-state index contributed by atoms with van der Waals surface area (Å²) in [5.41, 5.74) is 0. The van der Waals surface area contributed by atoms with Gasteiger partial charge in [-0.15, -0.1) is 0 Å². The van der Waals surface area contributed by atoms with E-state index >= 15 is 0 Å². The van der Waals surface area contributed by atoms with Gasteiger partial charge in [0.25, 0.3) is 0 Å². The zero-order valence-corrected chi connectivity index (χ0v) is 9.64. The molecule has 77 valence electrons. The van der Waals surface area contributed by atoms with Crippen molar-refractivity contribution < 1.29 is 44.8 Å². The summed E-state index contributed by atoms with van der Waals surface area (Å²) in [5, 5.41) is 8.44. The van der Waals surface area contributed by atoms with Gasteiger partial charge in [0.05, 0.1) is 12.7 Å². The molecule has 1 heterocycles. The first-order chi connectivity index (χ1) is 5.16. The number of rotatable bonds is 1. The Hall–Kier alpha value is 2.31. The van der Waals surface area contributed by atoms with Crippen LogP contribution in [-0.4, -0.2) is 24.4 Å². The normalized spacial score (nSPS) is 24.0. The molecule has 2 nitrogen and oxygen atoms in total. The van der Waals surface area contributed by atoms with Gasteiger partial charge in [-0.05, 0) is 12.8 Å². The molecule has 0 aromatic carbocycles. The molecule has 0 saturated carbocycles. The molecular weight excluding hydrogens is 371 g/mol. The number of ether oxygens (including phenoxy) is 1. The van der Waals surface area contributed by atoms with Gasteiger partial charge < -0.3 is 9.84 Å². The number of hydrogen-bond donors (Lipinski definition) is 1. The Morgan fingerprint density at radius 3 is 2.18 bits per heavy atom. The van der Waals surface area contributed by atoms with E-state index in [1.54, 1.807) is 0 Å². The van der Waals surface area contributed by atoms with Gasteiger partial charge in [-0.2, -0.15) is 0 Å². The van der Waals surface area contributed by atoms with Crippen LogP contribution in [0.15, 0.2) is 0 Å². The van der Waals surface area contributed by atoms with Crippen molar-refractivity contribution in [1.82, 2.24) is 0 Å². The van der Waals surface area contributed by atoms with E-state index in [1.807, 2.05) is 0 Å². The molecule has 0 bridgehead atoms. The van der Waals surface area contributed by atoms with Crippen LogP contribution in [0.2, 0.25) is 0 Å². The SMILES string of the molecule is OCC1CCCO1.[Cl][Yb]([Cl])[Cl]. The molecule has 1 fully saturated rings. The minimum absolute atomic E-state index is 0.153. The summed E-state index contributed by atoms with van der Waals surface area (Å²) in [5.74, 6) is 0. The monoisotopic (exact) mass is 381 g/mol. The van der Waals surface area contributed by atoms with Crippen LogP contribution < -0.4 is 0 Å². The summed E-state index contributed by atoms with van der Waals surface area (Å²) in [7, 11) is 0. The van der Waals surface area contributed by atoms with Gasteiger partial charge >= 0.3 is 48.8 Å². The Bertz CT molecular complexity index is 85.0. The molecule has 0 radical (unpaired) electrons. The van der Waals surface area contributed by atoms with Crippen molar-refractivity contribution >= 4 is 13.9 Å². The fourth-order valence-electron chi connectivity index (χ4n) is 0.788. The fourth-order valence-corrected chi connectivity index (χ4v) is 0.788. The van der Waals surface area contributed by atoms with Crippen molar-refractivity contribution in [2.75, 3.05) is 13.2 Å². The molecule has 1 unspecified atom stereocenters. The number of aliphatic hydroxyl groups is 1. The molecule has 0 spiro atoms. The predicted molar refractivity (Wildman–Crippen MR) is 43.6 cm³/mol. The Labute approximate surface area is 89.0 Å². The average Bonchev–Trinajstić information content (AvgIpc) is 2.36. The first kappa shape index (κ1) is 13.3. The molecule has 6 heteroatoms. The van der Waals surface area contributed by atoms with Crippen molar-refractivity contribution in [2.45, 2.75) is 18.9 Å². The van der Waals surface area contributed by atoms with E-state index in [-0.39, 0.29) is 12.7 Å².